The second kappa shape index (κ2) is 6.89. The zero-order valence-electron chi connectivity index (χ0n) is 10.1. The van der Waals surface area contributed by atoms with Gasteiger partial charge >= 0.3 is 0 Å². The lowest BCUT2D eigenvalue weighted by atomic mass is 10.4. The summed E-state index contributed by atoms with van der Waals surface area (Å²) >= 11 is 1.37. The first kappa shape index (κ1) is 13.5. The van der Waals surface area contributed by atoms with Gasteiger partial charge in [-0.25, -0.2) is 9.37 Å². The van der Waals surface area contributed by atoms with Crippen LogP contribution >= 0.6 is 11.8 Å². The van der Waals surface area contributed by atoms with E-state index in [1.54, 1.807) is 12.1 Å². The number of aromatic nitrogens is 3. The van der Waals surface area contributed by atoms with Crippen LogP contribution < -0.4 is 5.32 Å². The van der Waals surface area contributed by atoms with Gasteiger partial charge in [0.05, 0.1) is 5.75 Å². The standard InChI is InChI=1S/C12H13FN4OS/c13-9-1-3-10(4-2-9)19-7-12(18)14-6-5-11-15-8-16-17-11/h1-4,8H,5-7H2,(H,14,18)(H,15,16,17). The zero-order chi connectivity index (χ0) is 13.5. The Kier molecular flexibility index (Phi) is 4.91. The first-order valence-electron chi connectivity index (χ1n) is 5.73. The molecule has 1 heterocycles. The molecule has 0 spiro atoms. The van der Waals surface area contributed by atoms with Gasteiger partial charge in [0.15, 0.2) is 0 Å². The number of H-pyrrole nitrogens is 1. The highest BCUT2D eigenvalue weighted by Gasteiger charge is 2.03. The number of rotatable bonds is 6. The third kappa shape index (κ3) is 4.70. The Morgan fingerprint density at radius 1 is 1.37 bits per heavy atom. The molecule has 2 rings (SSSR count). The molecule has 19 heavy (non-hydrogen) atoms. The first-order chi connectivity index (χ1) is 9.24. The molecular formula is C12H13FN4OS. The van der Waals surface area contributed by atoms with Crippen LogP contribution in [0.5, 0.6) is 0 Å². The summed E-state index contributed by atoms with van der Waals surface area (Å²) in [5.74, 6) is 0.711. The number of amides is 1. The Hall–Kier alpha value is -1.89. The molecule has 1 aromatic heterocycles. The largest absolute Gasteiger partial charge is 0.355 e. The highest BCUT2D eigenvalue weighted by atomic mass is 32.2. The number of benzene rings is 1. The third-order valence-corrected chi connectivity index (χ3v) is 3.34. The second-order valence-corrected chi connectivity index (χ2v) is 4.82. The Balaban J connectivity index is 1.65. The molecule has 0 saturated heterocycles. The van der Waals surface area contributed by atoms with Gasteiger partial charge in [0.1, 0.15) is 18.0 Å². The predicted molar refractivity (Wildman–Crippen MR) is 70.2 cm³/mol. The van der Waals surface area contributed by atoms with Gasteiger partial charge in [0.2, 0.25) is 5.91 Å². The number of aromatic amines is 1. The molecule has 2 N–H and O–H groups in total. The number of carbonyl (C=O) groups excluding carboxylic acids is 1. The van der Waals surface area contributed by atoms with Gasteiger partial charge in [0.25, 0.3) is 0 Å². The topological polar surface area (TPSA) is 70.7 Å². The predicted octanol–water partition coefficient (Wildman–Crippen LogP) is 1.39. The van der Waals surface area contributed by atoms with Gasteiger partial charge < -0.3 is 5.32 Å². The monoisotopic (exact) mass is 280 g/mol. The average molecular weight is 280 g/mol. The summed E-state index contributed by atoms with van der Waals surface area (Å²) in [5.41, 5.74) is 0. The van der Waals surface area contributed by atoms with Crippen molar-refractivity contribution in [3.05, 3.63) is 42.2 Å². The van der Waals surface area contributed by atoms with Crippen molar-refractivity contribution in [2.45, 2.75) is 11.3 Å². The van der Waals surface area contributed by atoms with E-state index in [1.165, 1.54) is 30.2 Å². The molecule has 0 aliphatic carbocycles. The molecule has 0 saturated carbocycles. The number of halogens is 1. The number of nitrogens with zero attached hydrogens (tertiary/aromatic N) is 2. The fourth-order valence-electron chi connectivity index (χ4n) is 1.40. The summed E-state index contributed by atoms with van der Waals surface area (Å²) in [6.45, 7) is 0.512. The van der Waals surface area contributed by atoms with E-state index in [4.69, 9.17) is 0 Å². The summed E-state index contributed by atoms with van der Waals surface area (Å²) in [5, 5.41) is 9.22. The summed E-state index contributed by atoms with van der Waals surface area (Å²) < 4.78 is 12.7. The Morgan fingerprint density at radius 3 is 2.84 bits per heavy atom. The SMILES string of the molecule is O=C(CSc1ccc(F)cc1)NCCc1ncn[nH]1. The number of hydrogen-bond acceptors (Lipinski definition) is 4. The van der Waals surface area contributed by atoms with E-state index in [9.17, 15) is 9.18 Å². The van der Waals surface area contributed by atoms with Gasteiger partial charge in [-0.3, -0.25) is 9.89 Å². The van der Waals surface area contributed by atoms with Crippen LogP contribution in [-0.2, 0) is 11.2 Å². The summed E-state index contributed by atoms with van der Waals surface area (Å²) in [7, 11) is 0. The van der Waals surface area contributed by atoms with E-state index >= 15 is 0 Å². The molecule has 7 heteroatoms. The van der Waals surface area contributed by atoms with E-state index in [2.05, 4.69) is 20.5 Å². The number of carbonyl (C=O) groups is 1. The summed E-state index contributed by atoms with van der Waals surface area (Å²) in [6.07, 6.45) is 2.05. The average Bonchev–Trinajstić information content (AvgIpc) is 2.91. The van der Waals surface area contributed by atoms with Gasteiger partial charge in [-0.2, -0.15) is 5.10 Å². The van der Waals surface area contributed by atoms with E-state index < -0.39 is 0 Å². The molecule has 0 aliphatic rings. The minimum absolute atomic E-state index is 0.0613. The minimum Gasteiger partial charge on any atom is -0.355 e. The Bertz CT molecular complexity index is 515. The number of hydrogen-bond donors (Lipinski definition) is 2. The maximum absolute atomic E-state index is 12.7. The quantitative estimate of drug-likeness (QED) is 0.785. The lowest BCUT2D eigenvalue weighted by molar-refractivity contribution is -0.118. The van der Waals surface area contributed by atoms with E-state index in [0.29, 0.717) is 18.7 Å². The molecule has 5 nitrogen and oxygen atoms in total. The molecule has 0 aliphatic heterocycles. The first-order valence-corrected chi connectivity index (χ1v) is 6.72. The second-order valence-electron chi connectivity index (χ2n) is 3.77. The molecule has 1 aromatic carbocycles. The highest BCUT2D eigenvalue weighted by Crippen LogP contribution is 2.17. The van der Waals surface area contributed by atoms with Crippen LogP contribution in [0.2, 0.25) is 0 Å². The van der Waals surface area contributed by atoms with Gasteiger partial charge in [-0.05, 0) is 24.3 Å². The number of thioether (sulfide) groups is 1. The summed E-state index contributed by atoms with van der Waals surface area (Å²) in [6, 6.07) is 6.07. The number of nitrogens with one attached hydrogen (secondary N) is 2. The molecule has 1 amide bonds. The minimum atomic E-state index is -0.277. The van der Waals surface area contributed by atoms with Crippen molar-refractivity contribution in [3.8, 4) is 0 Å². The van der Waals surface area contributed by atoms with Crippen molar-refractivity contribution in [1.82, 2.24) is 20.5 Å². The third-order valence-electron chi connectivity index (χ3n) is 2.33. The van der Waals surface area contributed by atoms with Crippen molar-refractivity contribution in [2.75, 3.05) is 12.3 Å². The maximum Gasteiger partial charge on any atom is 0.230 e. The van der Waals surface area contributed by atoms with Crippen LogP contribution in [0.3, 0.4) is 0 Å². The molecule has 0 atom stereocenters. The van der Waals surface area contributed by atoms with Gasteiger partial charge in [-0.1, -0.05) is 0 Å². The lowest BCUT2D eigenvalue weighted by Gasteiger charge is -2.04. The fourth-order valence-corrected chi connectivity index (χ4v) is 2.13. The van der Waals surface area contributed by atoms with Gasteiger partial charge in [0, 0.05) is 17.9 Å². The van der Waals surface area contributed by atoms with Crippen molar-refractivity contribution in [1.29, 1.82) is 0 Å². The van der Waals surface area contributed by atoms with E-state index in [0.717, 1.165) is 10.7 Å². The van der Waals surface area contributed by atoms with Crippen molar-refractivity contribution in [3.63, 3.8) is 0 Å². The van der Waals surface area contributed by atoms with Crippen LogP contribution in [0.15, 0.2) is 35.5 Å². The van der Waals surface area contributed by atoms with Crippen LogP contribution in [-0.4, -0.2) is 33.4 Å². The molecule has 0 unspecified atom stereocenters. The van der Waals surface area contributed by atoms with Crippen LogP contribution in [0.25, 0.3) is 0 Å². The molecule has 0 radical (unpaired) electrons. The zero-order valence-corrected chi connectivity index (χ0v) is 10.9. The van der Waals surface area contributed by atoms with Crippen molar-refractivity contribution < 1.29 is 9.18 Å². The van der Waals surface area contributed by atoms with Crippen LogP contribution in [0.4, 0.5) is 4.39 Å². The van der Waals surface area contributed by atoms with Crippen molar-refractivity contribution in [2.24, 2.45) is 0 Å². The highest BCUT2D eigenvalue weighted by molar-refractivity contribution is 8.00. The van der Waals surface area contributed by atoms with Crippen molar-refractivity contribution >= 4 is 17.7 Å². The lowest BCUT2D eigenvalue weighted by Crippen LogP contribution is -2.27. The smallest absolute Gasteiger partial charge is 0.230 e. The van der Waals surface area contributed by atoms with E-state index in [1.807, 2.05) is 0 Å². The van der Waals surface area contributed by atoms with Gasteiger partial charge in [-0.15, -0.1) is 11.8 Å². The van der Waals surface area contributed by atoms with Crippen LogP contribution in [0, 0.1) is 5.82 Å². The molecule has 2 aromatic rings. The van der Waals surface area contributed by atoms with E-state index in [-0.39, 0.29) is 11.7 Å². The molecule has 0 fully saturated rings. The maximum atomic E-state index is 12.7. The Morgan fingerprint density at radius 2 is 2.16 bits per heavy atom. The summed E-state index contributed by atoms with van der Waals surface area (Å²) in [4.78, 5) is 16.4. The Labute approximate surface area is 114 Å². The molecule has 0 bridgehead atoms. The fraction of sp³-hybridized carbons (Fsp3) is 0.250. The van der Waals surface area contributed by atoms with Crippen LogP contribution in [0.1, 0.15) is 5.82 Å². The molecule has 100 valence electrons. The normalized spacial score (nSPS) is 10.4. The molecular weight excluding hydrogens is 267 g/mol.